The minimum absolute atomic E-state index is 0.0991. The topological polar surface area (TPSA) is 49.4 Å². The van der Waals surface area contributed by atoms with Gasteiger partial charge in [0.15, 0.2) is 0 Å². The Labute approximate surface area is 182 Å². The van der Waals surface area contributed by atoms with E-state index in [1.54, 1.807) is 30.0 Å². The quantitative estimate of drug-likeness (QED) is 0.680. The highest BCUT2D eigenvalue weighted by Crippen LogP contribution is 2.20. The summed E-state index contributed by atoms with van der Waals surface area (Å²) in [4.78, 5) is 27.7. The van der Waals surface area contributed by atoms with Crippen molar-refractivity contribution in [2.45, 2.75) is 64.1 Å². The number of carbonyl (C=O) groups is 2. The van der Waals surface area contributed by atoms with Crippen LogP contribution in [0.3, 0.4) is 0 Å². The van der Waals surface area contributed by atoms with Gasteiger partial charge in [-0.1, -0.05) is 61.2 Å². The average Bonchev–Trinajstić information content (AvgIpc) is 2.75. The highest BCUT2D eigenvalue weighted by Gasteiger charge is 2.28. The van der Waals surface area contributed by atoms with Crippen molar-refractivity contribution in [2.24, 2.45) is 0 Å². The fourth-order valence-electron chi connectivity index (χ4n) is 3.84. The number of amides is 2. The molecule has 0 aromatic heterocycles. The van der Waals surface area contributed by atoms with E-state index in [2.05, 4.69) is 5.32 Å². The van der Waals surface area contributed by atoms with Crippen molar-refractivity contribution < 1.29 is 14.0 Å². The third-order valence-corrected chi connectivity index (χ3v) is 6.05. The minimum Gasteiger partial charge on any atom is -0.352 e. The lowest BCUT2D eigenvalue weighted by Crippen LogP contribution is -2.50. The second-order valence-electron chi connectivity index (χ2n) is 7.94. The first kappa shape index (κ1) is 22.3. The summed E-state index contributed by atoms with van der Waals surface area (Å²) in [6.45, 7) is 1.97. The van der Waals surface area contributed by atoms with Crippen molar-refractivity contribution in [1.82, 2.24) is 10.2 Å². The monoisotopic (exact) mass is 430 g/mol. The summed E-state index contributed by atoms with van der Waals surface area (Å²) in [5.41, 5.74) is 1.48. The van der Waals surface area contributed by atoms with Gasteiger partial charge in [0, 0.05) is 17.6 Å². The fraction of sp³-hybridized carbons (Fsp3) is 0.417. The Hall–Kier alpha value is -2.40. The molecular weight excluding hydrogens is 403 g/mol. The second kappa shape index (κ2) is 10.6. The van der Waals surface area contributed by atoms with Crippen LogP contribution in [0.2, 0.25) is 5.02 Å². The van der Waals surface area contributed by atoms with E-state index in [-0.39, 0.29) is 36.6 Å². The van der Waals surface area contributed by atoms with E-state index in [0.29, 0.717) is 10.6 Å². The van der Waals surface area contributed by atoms with Gasteiger partial charge in [-0.15, -0.1) is 0 Å². The van der Waals surface area contributed by atoms with Gasteiger partial charge in [-0.3, -0.25) is 9.59 Å². The van der Waals surface area contributed by atoms with Crippen molar-refractivity contribution in [3.63, 3.8) is 0 Å². The maximum Gasteiger partial charge on any atom is 0.242 e. The van der Waals surface area contributed by atoms with Gasteiger partial charge in [-0.05, 0) is 49.1 Å². The van der Waals surface area contributed by atoms with Crippen LogP contribution in [-0.4, -0.2) is 28.8 Å². The number of halogens is 2. The molecule has 1 N–H and O–H groups in total. The third-order valence-electron chi connectivity index (χ3n) is 5.68. The Morgan fingerprint density at radius 1 is 1.10 bits per heavy atom. The van der Waals surface area contributed by atoms with Crippen LogP contribution >= 0.6 is 11.6 Å². The van der Waals surface area contributed by atoms with E-state index in [9.17, 15) is 14.0 Å². The normalized spacial score (nSPS) is 15.4. The maximum atomic E-state index is 13.3. The number of hydrogen-bond acceptors (Lipinski definition) is 2. The van der Waals surface area contributed by atoms with E-state index in [4.69, 9.17) is 11.6 Å². The van der Waals surface area contributed by atoms with Gasteiger partial charge in [0.25, 0.3) is 0 Å². The lowest BCUT2D eigenvalue weighted by atomic mass is 9.95. The molecule has 2 amide bonds. The summed E-state index contributed by atoms with van der Waals surface area (Å²) in [6.07, 6.45) is 5.49. The van der Waals surface area contributed by atoms with Crippen molar-refractivity contribution in [1.29, 1.82) is 0 Å². The molecular formula is C24H28ClFN2O2. The highest BCUT2D eigenvalue weighted by molar-refractivity contribution is 6.31. The van der Waals surface area contributed by atoms with Crippen LogP contribution in [0.5, 0.6) is 0 Å². The molecule has 0 unspecified atom stereocenters. The molecule has 160 valence electrons. The fourth-order valence-corrected chi connectivity index (χ4v) is 4.05. The number of benzene rings is 2. The summed E-state index contributed by atoms with van der Waals surface area (Å²) < 4.78 is 13.3. The summed E-state index contributed by atoms with van der Waals surface area (Å²) in [5, 5.41) is 3.63. The van der Waals surface area contributed by atoms with Crippen LogP contribution < -0.4 is 5.32 Å². The number of nitrogens with zero attached hydrogens (tertiary/aromatic N) is 1. The molecule has 3 rings (SSSR count). The molecule has 0 radical (unpaired) electrons. The zero-order valence-corrected chi connectivity index (χ0v) is 18.0. The van der Waals surface area contributed by atoms with Crippen molar-refractivity contribution in [3.05, 3.63) is 70.5 Å². The van der Waals surface area contributed by atoms with Gasteiger partial charge >= 0.3 is 0 Å². The van der Waals surface area contributed by atoms with Gasteiger partial charge in [0.1, 0.15) is 11.9 Å². The first-order valence-electron chi connectivity index (χ1n) is 10.5. The van der Waals surface area contributed by atoms with E-state index in [0.717, 1.165) is 31.2 Å². The highest BCUT2D eigenvalue weighted by atomic mass is 35.5. The summed E-state index contributed by atoms with van der Waals surface area (Å²) in [5.74, 6) is -0.689. The van der Waals surface area contributed by atoms with Crippen LogP contribution in [-0.2, 0) is 22.6 Å². The number of nitrogens with one attached hydrogen (secondary N) is 1. The zero-order chi connectivity index (χ0) is 21.5. The number of carbonyl (C=O) groups excluding carboxylic acids is 2. The first-order valence-corrected chi connectivity index (χ1v) is 10.9. The molecule has 1 fully saturated rings. The molecule has 1 aliphatic rings. The molecule has 2 aromatic carbocycles. The van der Waals surface area contributed by atoms with E-state index < -0.39 is 6.04 Å². The Bertz CT molecular complexity index is 866. The molecule has 0 saturated heterocycles. The second-order valence-corrected chi connectivity index (χ2v) is 8.34. The summed E-state index contributed by atoms with van der Waals surface area (Å²) in [6, 6.07) is 12.7. The maximum absolute atomic E-state index is 13.3. The zero-order valence-electron chi connectivity index (χ0n) is 17.2. The van der Waals surface area contributed by atoms with Crippen LogP contribution in [0.25, 0.3) is 0 Å². The number of hydrogen-bond donors (Lipinski definition) is 1. The Balaban J connectivity index is 1.76. The van der Waals surface area contributed by atoms with Crippen molar-refractivity contribution in [3.8, 4) is 0 Å². The molecule has 6 heteroatoms. The molecule has 0 heterocycles. The van der Waals surface area contributed by atoms with Crippen molar-refractivity contribution in [2.75, 3.05) is 0 Å². The van der Waals surface area contributed by atoms with E-state index in [1.807, 2.05) is 18.2 Å². The first-order chi connectivity index (χ1) is 14.4. The largest absolute Gasteiger partial charge is 0.352 e. The number of rotatable bonds is 7. The lowest BCUT2D eigenvalue weighted by molar-refractivity contribution is -0.140. The average molecular weight is 431 g/mol. The third kappa shape index (κ3) is 6.05. The standard InChI is InChI=1S/C24H28ClFN2O2/c1-17(24(30)27-21-8-3-2-4-9-21)28(16-18-11-13-20(26)14-12-18)23(29)15-19-7-5-6-10-22(19)25/h5-7,10-14,17,21H,2-4,8-9,15-16H2,1H3,(H,27,30)/t17-/m0/s1. The Morgan fingerprint density at radius 3 is 2.43 bits per heavy atom. The van der Waals surface area contributed by atoms with E-state index >= 15 is 0 Å². The SMILES string of the molecule is C[C@@H](C(=O)NC1CCCCC1)N(Cc1ccc(F)cc1)C(=O)Cc1ccccc1Cl. The molecule has 0 bridgehead atoms. The van der Waals surface area contributed by atoms with Gasteiger partial charge in [-0.2, -0.15) is 0 Å². The van der Waals surface area contributed by atoms with Gasteiger partial charge in [-0.25, -0.2) is 4.39 Å². The minimum atomic E-state index is -0.646. The summed E-state index contributed by atoms with van der Waals surface area (Å²) >= 11 is 6.23. The van der Waals surface area contributed by atoms with Gasteiger partial charge in [0.05, 0.1) is 6.42 Å². The Kier molecular flexibility index (Phi) is 7.86. The van der Waals surface area contributed by atoms with Crippen LogP contribution in [0.1, 0.15) is 50.2 Å². The molecule has 1 saturated carbocycles. The molecule has 30 heavy (non-hydrogen) atoms. The molecule has 0 aliphatic heterocycles. The van der Waals surface area contributed by atoms with Gasteiger partial charge in [0.2, 0.25) is 11.8 Å². The van der Waals surface area contributed by atoms with Gasteiger partial charge < -0.3 is 10.2 Å². The molecule has 0 spiro atoms. The van der Waals surface area contributed by atoms with Crippen LogP contribution in [0, 0.1) is 5.82 Å². The van der Waals surface area contributed by atoms with Crippen LogP contribution in [0.4, 0.5) is 4.39 Å². The predicted molar refractivity (Wildman–Crippen MR) is 117 cm³/mol. The predicted octanol–water partition coefficient (Wildman–Crippen LogP) is 4.89. The summed E-state index contributed by atoms with van der Waals surface area (Å²) in [7, 11) is 0. The smallest absolute Gasteiger partial charge is 0.242 e. The molecule has 2 aromatic rings. The van der Waals surface area contributed by atoms with Crippen molar-refractivity contribution >= 4 is 23.4 Å². The van der Waals surface area contributed by atoms with E-state index in [1.165, 1.54) is 18.6 Å². The lowest BCUT2D eigenvalue weighted by Gasteiger charge is -2.31. The molecule has 4 nitrogen and oxygen atoms in total. The van der Waals surface area contributed by atoms with Crippen LogP contribution in [0.15, 0.2) is 48.5 Å². The molecule has 1 aliphatic carbocycles. The molecule has 1 atom stereocenters. The Morgan fingerprint density at radius 2 is 1.77 bits per heavy atom.